The first kappa shape index (κ1) is 11.8. The van der Waals surface area contributed by atoms with E-state index >= 15 is 0 Å². The van der Waals surface area contributed by atoms with Crippen molar-refractivity contribution in [3.05, 3.63) is 0 Å². The van der Waals surface area contributed by atoms with Crippen LogP contribution in [0.1, 0.15) is 25.7 Å². The first-order valence-electron chi connectivity index (χ1n) is 4.28. The Morgan fingerprint density at radius 2 is 1.08 bits per heavy atom. The quantitative estimate of drug-likeness (QED) is 0.387. The minimum absolute atomic E-state index is 0.206. The van der Waals surface area contributed by atoms with Crippen LogP contribution in [0.2, 0.25) is 0 Å². The fourth-order valence-electron chi connectivity index (χ4n) is 0.942. The molecule has 0 spiro atoms. The molecule has 0 amide bonds. The maximum atomic E-state index is 8.92. The molecule has 0 fully saturated rings. The summed E-state index contributed by atoms with van der Waals surface area (Å²) in [5.41, 5.74) is 0. The Bertz CT molecular complexity index is 85.1. The summed E-state index contributed by atoms with van der Waals surface area (Å²) in [5.74, 6) is 0. The highest BCUT2D eigenvalue weighted by molar-refractivity contribution is 4.56. The molecule has 0 aliphatic rings. The van der Waals surface area contributed by atoms with E-state index in [1.165, 1.54) is 0 Å². The minimum atomic E-state index is -0.642. The molecule has 0 bridgehead atoms. The van der Waals surface area contributed by atoms with Crippen molar-refractivity contribution >= 4 is 0 Å². The molecular formula is C8H18O4. The molecule has 0 saturated carbocycles. The lowest BCUT2D eigenvalue weighted by atomic mass is 10.1. The van der Waals surface area contributed by atoms with Crippen LogP contribution in [0.4, 0.5) is 0 Å². The van der Waals surface area contributed by atoms with Crippen LogP contribution in [-0.4, -0.2) is 45.8 Å². The summed E-state index contributed by atoms with van der Waals surface area (Å²) in [5, 5.41) is 34.7. The van der Waals surface area contributed by atoms with E-state index in [2.05, 4.69) is 0 Å². The predicted octanol–water partition coefficient (Wildman–Crippen LogP) is -0.747. The number of hydrogen-bond acceptors (Lipinski definition) is 4. The van der Waals surface area contributed by atoms with Crippen LogP contribution in [-0.2, 0) is 0 Å². The molecule has 0 aliphatic heterocycles. The fraction of sp³-hybridized carbons (Fsp3) is 1.00. The van der Waals surface area contributed by atoms with Crippen molar-refractivity contribution in [1.82, 2.24) is 0 Å². The zero-order chi connectivity index (χ0) is 9.40. The molecule has 0 aromatic rings. The van der Waals surface area contributed by atoms with Crippen LogP contribution < -0.4 is 0 Å². The van der Waals surface area contributed by atoms with Gasteiger partial charge in [-0.05, 0) is 12.8 Å². The van der Waals surface area contributed by atoms with Gasteiger partial charge in [0.25, 0.3) is 0 Å². The van der Waals surface area contributed by atoms with Gasteiger partial charge in [0.05, 0.1) is 25.4 Å². The monoisotopic (exact) mass is 178 g/mol. The first-order valence-corrected chi connectivity index (χ1v) is 4.28. The van der Waals surface area contributed by atoms with E-state index in [0.717, 1.165) is 12.8 Å². The molecule has 0 aromatic carbocycles. The number of aliphatic hydroxyl groups excluding tert-OH is 4. The van der Waals surface area contributed by atoms with Gasteiger partial charge in [0.15, 0.2) is 0 Å². The van der Waals surface area contributed by atoms with E-state index in [0.29, 0.717) is 12.8 Å². The number of hydrogen-bond donors (Lipinski definition) is 4. The smallest absolute Gasteiger partial charge is 0.0770 e. The van der Waals surface area contributed by atoms with Crippen molar-refractivity contribution < 1.29 is 20.4 Å². The lowest BCUT2D eigenvalue weighted by molar-refractivity contribution is 0.0749. The van der Waals surface area contributed by atoms with E-state index in [1.807, 2.05) is 0 Å². The lowest BCUT2D eigenvalue weighted by Crippen LogP contribution is -2.13. The molecule has 0 radical (unpaired) electrons. The highest BCUT2D eigenvalue weighted by Gasteiger charge is 2.03. The van der Waals surface area contributed by atoms with Gasteiger partial charge in [0.2, 0.25) is 0 Å². The van der Waals surface area contributed by atoms with E-state index in [-0.39, 0.29) is 13.2 Å². The van der Waals surface area contributed by atoms with Crippen molar-refractivity contribution in [3.63, 3.8) is 0 Å². The summed E-state index contributed by atoms with van der Waals surface area (Å²) in [6.07, 6.45) is 1.34. The summed E-state index contributed by atoms with van der Waals surface area (Å²) in [6, 6.07) is 0. The molecule has 12 heavy (non-hydrogen) atoms. The second-order valence-corrected chi connectivity index (χ2v) is 2.96. The number of rotatable bonds is 7. The van der Waals surface area contributed by atoms with Gasteiger partial charge in [0, 0.05) is 0 Å². The molecular weight excluding hydrogens is 160 g/mol. The third kappa shape index (κ3) is 6.54. The van der Waals surface area contributed by atoms with Crippen LogP contribution in [0.25, 0.3) is 0 Å². The summed E-state index contributed by atoms with van der Waals surface area (Å²) < 4.78 is 0. The Balaban J connectivity index is 3.10. The Morgan fingerprint density at radius 1 is 0.750 bits per heavy atom. The van der Waals surface area contributed by atoms with Gasteiger partial charge >= 0.3 is 0 Å². The Labute approximate surface area is 72.5 Å². The third-order valence-electron chi connectivity index (χ3n) is 1.75. The minimum Gasteiger partial charge on any atom is -0.394 e. The molecule has 0 rings (SSSR count). The van der Waals surface area contributed by atoms with Gasteiger partial charge in [-0.1, -0.05) is 12.8 Å². The Hall–Kier alpha value is -0.160. The van der Waals surface area contributed by atoms with E-state index < -0.39 is 12.2 Å². The van der Waals surface area contributed by atoms with Crippen LogP contribution in [0, 0.1) is 0 Å². The van der Waals surface area contributed by atoms with Crippen molar-refractivity contribution in [2.24, 2.45) is 0 Å². The molecule has 4 heteroatoms. The Morgan fingerprint density at radius 3 is 1.33 bits per heavy atom. The fourth-order valence-corrected chi connectivity index (χ4v) is 0.942. The maximum absolute atomic E-state index is 8.92. The van der Waals surface area contributed by atoms with Gasteiger partial charge in [-0.3, -0.25) is 0 Å². The third-order valence-corrected chi connectivity index (χ3v) is 1.75. The highest BCUT2D eigenvalue weighted by atomic mass is 16.3. The second kappa shape index (κ2) is 7.49. The highest BCUT2D eigenvalue weighted by Crippen LogP contribution is 2.05. The van der Waals surface area contributed by atoms with Gasteiger partial charge < -0.3 is 20.4 Å². The van der Waals surface area contributed by atoms with Crippen molar-refractivity contribution in [2.75, 3.05) is 13.2 Å². The van der Waals surface area contributed by atoms with E-state index in [4.69, 9.17) is 20.4 Å². The van der Waals surface area contributed by atoms with Crippen LogP contribution >= 0.6 is 0 Å². The molecule has 0 saturated heterocycles. The predicted molar refractivity (Wildman–Crippen MR) is 44.7 cm³/mol. The SMILES string of the molecule is OC[C@@H](O)CCCC[C@H](O)CO. The largest absolute Gasteiger partial charge is 0.394 e. The molecule has 2 atom stereocenters. The van der Waals surface area contributed by atoms with Gasteiger partial charge in [-0.15, -0.1) is 0 Å². The van der Waals surface area contributed by atoms with Crippen molar-refractivity contribution in [2.45, 2.75) is 37.9 Å². The zero-order valence-corrected chi connectivity index (χ0v) is 7.19. The van der Waals surface area contributed by atoms with Crippen LogP contribution in [0.3, 0.4) is 0 Å². The number of aliphatic hydroxyl groups is 4. The zero-order valence-electron chi connectivity index (χ0n) is 7.19. The summed E-state index contributed by atoms with van der Waals surface area (Å²) in [7, 11) is 0. The van der Waals surface area contributed by atoms with Crippen molar-refractivity contribution in [1.29, 1.82) is 0 Å². The van der Waals surface area contributed by atoms with Crippen LogP contribution in [0.15, 0.2) is 0 Å². The molecule has 0 aliphatic carbocycles. The molecule has 4 N–H and O–H groups in total. The lowest BCUT2D eigenvalue weighted by Gasteiger charge is -2.08. The van der Waals surface area contributed by atoms with E-state index in [1.54, 1.807) is 0 Å². The van der Waals surface area contributed by atoms with Gasteiger partial charge in [-0.2, -0.15) is 0 Å². The molecule has 4 nitrogen and oxygen atoms in total. The normalized spacial score (nSPS) is 16.0. The summed E-state index contributed by atoms with van der Waals surface area (Å²) in [6.45, 7) is -0.412. The van der Waals surface area contributed by atoms with Crippen molar-refractivity contribution in [3.8, 4) is 0 Å². The van der Waals surface area contributed by atoms with Gasteiger partial charge in [-0.25, -0.2) is 0 Å². The van der Waals surface area contributed by atoms with Gasteiger partial charge in [0.1, 0.15) is 0 Å². The Kier molecular flexibility index (Phi) is 7.39. The average molecular weight is 178 g/mol. The first-order chi connectivity index (χ1) is 5.70. The second-order valence-electron chi connectivity index (χ2n) is 2.96. The molecule has 0 heterocycles. The topological polar surface area (TPSA) is 80.9 Å². The molecule has 0 aromatic heterocycles. The van der Waals surface area contributed by atoms with Crippen LogP contribution in [0.5, 0.6) is 0 Å². The maximum Gasteiger partial charge on any atom is 0.0770 e. The molecule has 0 unspecified atom stereocenters. The average Bonchev–Trinajstić information content (AvgIpc) is 2.11. The summed E-state index contributed by atoms with van der Waals surface area (Å²) in [4.78, 5) is 0. The van der Waals surface area contributed by atoms with E-state index in [9.17, 15) is 0 Å². The standard InChI is InChI=1S/C8H18O4/c9-5-7(11)3-1-2-4-8(12)6-10/h7-12H,1-6H2/t7-,8-/m0/s1. The number of unbranched alkanes of at least 4 members (excludes halogenated alkanes) is 1. The molecule has 74 valence electrons. The summed E-state index contributed by atoms with van der Waals surface area (Å²) >= 11 is 0.